The lowest BCUT2D eigenvalue weighted by molar-refractivity contribution is -0.148. The largest absolute Gasteiger partial charge is 0.497 e. The van der Waals surface area contributed by atoms with Gasteiger partial charge in [-0.3, -0.25) is 4.79 Å². The predicted octanol–water partition coefficient (Wildman–Crippen LogP) is 2.28. The molecule has 1 amide bonds. The van der Waals surface area contributed by atoms with Crippen molar-refractivity contribution >= 4 is 11.9 Å². The normalized spacial score (nSPS) is 21.5. The zero-order chi connectivity index (χ0) is 17.7. The Balaban J connectivity index is 2.08. The van der Waals surface area contributed by atoms with E-state index in [-0.39, 0.29) is 17.9 Å². The van der Waals surface area contributed by atoms with Gasteiger partial charge in [-0.05, 0) is 30.0 Å². The Morgan fingerprint density at radius 2 is 1.96 bits per heavy atom. The summed E-state index contributed by atoms with van der Waals surface area (Å²) in [5, 5.41) is 9.35. The van der Waals surface area contributed by atoms with Crippen LogP contribution in [0, 0.1) is 0 Å². The van der Waals surface area contributed by atoms with Gasteiger partial charge in [0.2, 0.25) is 5.91 Å². The minimum absolute atomic E-state index is 0.0550. The van der Waals surface area contributed by atoms with Crippen LogP contribution in [0.4, 0.5) is 0 Å². The molecule has 24 heavy (non-hydrogen) atoms. The lowest BCUT2D eigenvalue weighted by atomic mass is 9.92. The van der Waals surface area contributed by atoms with Crippen molar-refractivity contribution in [3.8, 4) is 5.75 Å². The van der Waals surface area contributed by atoms with E-state index in [2.05, 4.69) is 0 Å². The number of carbonyl (C=O) groups excluding carboxylic acids is 1. The zero-order valence-corrected chi connectivity index (χ0v) is 14.4. The van der Waals surface area contributed by atoms with Gasteiger partial charge in [-0.2, -0.15) is 0 Å². The molecular formula is C18H25NO5. The molecule has 0 radical (unpaired) electrons. The highest BCUT2D eigenvalue weighted by atomic mass is 16.5. The molecule has 6 heteroatoms. The van der Waals surface area contributed by atoms with Crippen LogP contribution in [0.5, 0.6) is 5.75 Å². The van der Waals surface area contributed by atoms with Crippen LogP contribution < -0.4 is 4.74 Å². The molecule has 1 aromatic carbocycles. The second kappa shape index (κ2) is 8.15. The standard InChI is InChI=1S/C18H25NO5/c1-4-12(13-5-7-14(23-2)8-6-13)9-17(20)19-11-15(24-3)10-16(19)18(21)22/h5-8,12,15-16H,4,9-11H2,1-3H3,(H,21,22). The maximum atomic E-state index is 12.7. The van der Waals surface area contributed by atoms with Gasteiger partial charge in [-0.15, -0.1) is 0 Å². The van der Waals surface area contributed by atoms with E-state index in [1.165, 1.54) is 4.90 Å². The summed E-state index contributed by atoms with van der Waals surface area (Å²) in [5.41, 5.74) is 1.06. The first-order valence-electron chi connectivity index (χ1n) is 8.19. The molecule has 1 aliphatic heterocycles. The molecule has 0 spiro atoms. The first-order valence-corrected chi connectivity index (χ1v) is 8.19. The first-order chi connectivity index (χ1) is 11.5. The van der Waals surface area contributed by atoms with Crippen molar-refractivity contribution in [3.63, 3.8) is 0 Å². The summed E-state index contributed by atoms with van der Waals surface area (Å²) in [5.74, 6) is -0.280. The fourth-order valence-electron chi connectivity index (χ4n) is 3.18. The highest BCUT2D eigenvalue weighted by Gasteiger charge is 2.40. The van der Waals surface area contributed by atoms with E-state index < -0.39 is 12.0 Å². The Labute approximate surface area is 142 Å². The van der Waals surface area contributed by atoms with E-state index >= 15 is 0 Å². The average molecular weight is 335 g/mol. The molecule has 1 N–H and O–H groups in total. The maximum absolute atomic E-state index is 12.7. The Morgan fingerprint density at radius 1 is 1.29 bits per heavy atom. The van der Waals surface area contributed by atoms with Crippen LogP contribution in [-0.2, 0) is 14.3 Å². The molecular weight excluding hydrogens is 310 g/mol. The predicted molar refractivity (Wildman–Crippen MR) is 89.2 cm³/mol. The number of rotatable bonds is 7. The van der Waals surface area contributed by atoms with E-state index in [1.807, 2.05) is 31.2 Å². The van der Waals surface area contributed by atoms with E-state index in [1.54, 1.807) is 14.2 Å². The molecule has 132 valence electrons. The van der Waals surface area contributed by atoms with Crippen LogP contribution in [0.3, 0.4) is 0 Å². The average Bonchev–Trinajstić information content (AvgIpc) is 3.04. The number of nitrogens with zero attached hydrogens (tertiary/aromatic N) is 1. The number of carboxylic acids is 1. The van der Waals surface area contributed by atoms with E-state index in [0.29, 0.717) is 19.4 Å². The fourth-order valence-corrected chi connectivity index (χ4v) is 3.18. The number of hydrogen-bond acceptors (Lipinski definition) is 4. The van der Waals surface area contributed by atoms with Crippen molar-refractivity contribution in [3.05, 3.63) is 29.8 Å². The summed E-state index contributed by atoms with van der Waals surface area (Å²) < 4.78 is 10.4. The monoisotopic (exact) mass is 335 g/mol. The number of likely N-dealkylation sites (tertiary alicyclic amines) is 1. The molecule has 1 heterocycles. The van der Waals surface area contributed by atoms with Crippen LogP contribution in [0.15, 0.2) is 24.3 Å². The lowest BCUT2D eigenvalue weighted by Gasteiger charge is -2.24. The van der Waals surface area contributed by atoms with E-state index in [9.17, 15) is 14.7 Å². The fraction of sp³-hybridized carbons (Fsp3) is 0.556. The van der Waals surface area contributed by atoms with Gasteiger partial charge in [0.15, 0.2) is 0 Å². The summed E-state index contributed by atoms with van der Waals surface area (Å²) >= 11 is 0. The minimum atomic E-state index is -0.972. The van der Waals surface area contributed by atoms with E-state index in [0.717, 1.165) is 17.7 Å². The zero-order valence-electron chi connectivity index (χ0n) is 14.4. The SMILES string of the molecule is CCC(CC(=O)N1CC(OC)CC1C(=O)O)c1ccc(OC)cc1. The van der Waals surface area contributed by atoms with Crippen molar-refractivity contribution in [2.24, 2.45) is 0 Å². The Hall–Kier alpha value is -2.08. The molecule has 1 aromatic rings. The van der Waals surface area contributed by atoms with Gasteiger partial charge in [0.1, 0.15) is 11.8 Å². The van der Waals surface area contributed by atoms with Crippen molar-refractivity contribution in [1.82, 2.24) is 4.90 Å². The van der Waals surface area contributed by atoms with Crippen molar-refractivity contribution < 1.29 is 24.2 Å². The number of benzene rings is 1. The van der Waals surface area contributed by atoms with Crippen LogP contribution in [0.1, 0.15) is 37.7 Å². The summed E-state index contributed by atoms with van der Waals surface area (Å²) in [6.45, 7) is 2.37. The molecule has 1 aliphatic rings. The minimum Gasteiger partial charge on any atom is -0.497 e. The van der Waals surface area contributed by atoms with Gasteiger partial charge in [0.25, 0.3) is 0 Å². The van der Waals surface area contributed by atoms with Gasteiger partial charge in [-0.1, -0.05) is 19.1 Å². The number of amides is 1. The summed E-state index contributed by atoms with van der Waals surface area (Å²) in [6, 6.07) is 6.86. The van der Waals surface area contributed by atoms with Crippen LogP contribution in [0.2, 0.25) is 0 Å². The number of hydrogen-bond donors (Lipinski definition) is 1. The Bertz CT molecular complexity index is 571. The van der Waals surface area contributed by atoms with Gasteiger partial charge >= 0.3 is 5.97 Å². The van der Waals surface area contributed by atoms with Crippen molar-refractivity contribution in [2.45, 2.75) is 44.2 Å². The summed E-state index contributed by atoms with van der Waals surface area (Å²) in [6.07, 6.45) is 1.23. The molecule has 1 fully saturated rings. The molecule has 0 bridgehead atoms. The number of carboxylic acid groups (broad SMARTS) is 1. The molecule has 0 aliphatic carbocycles. The third-order valence-electron chi connectivity index (χ3n) is 4.70. The van der Waals surface area contributed by atoms with Crippen molar-refractivity contribution in [1.29, 1.82) is 0 Å². The van der Waals surface area contributed by atoms with Gasteiger partial charge in [-0.25, -0.2) is 4.79 Å². The van der Waals surface area contributed by atoms with Crippen LogP contribution in [0.25, 0.3) is 0 Å². The number of carbonyl (C=O) groups is 2. The van der Waals surface area contributed by atoms with Gasteiger partial charge in [0.05, 0.1) is 13.2 Å². The third kappa shape index (κ3) is 4.06. The number of ether oxygens (including phenoxy) is 2. The Kier molecular flexibility index (Phi) is 6.20. The van der Waals surface area contributed by atoms with Gasteiger partial charge in [0, 0.05) is 26.5 Å². The smallest absolute Gasteiger partial charge is 0.326 e. The second-order valence-electron chi connectivity index (χ2n) is 6.08. The van der Waals surface area contributed by atoms with Crippen LogP contribution >= 0.6 is 0 Å². The van der Waals surface area contributed by atoms with Crippen molar-refractivity contribution in [2.75, 3.05) is 20.8 Å². The van der Waals surface area contributed by atoms with E-state index in [4.69, 9.17) is 9.47 Å². The third-order valence-corrected chi connectivity index (χ3v) is 4.70. The summed E-state index contributed by atoms with van der Waals surface area (Å²) in [4.78, 5) is 25.5. The molecule has 1 saturated heterocycles. The quantitative estimate of drug-likeness (QED) is 0.827. The second-order valence-corrected chi connectivity index (χ2v) is 6.08. The lowest BCUT2D eigenvalue weighted by Crippen LogP contribution is -2.41. The highest BCUT2D eigenvalue weighted by Crippen LogP contribution is 2.28. The first kappa shape index (κ1) is 18.3. The highest BCUT2D eigenvalue weighted by molar-refractivity contribution is 5.85. The number of methoxy groups -OCH3 is 2. The summed E-state index contributed by atoms with van der Waals surface area (Å²) in [7, 11) is 3.16. The topological polar surface area (TPSA) is 76.1 Å². The molecule has 0 saturated carbocycles. The number of aliphatic carboxylic acids is 1. The molecule has 2 rings (SSSR count). The maximum Gasteiger partial charge on any atom is 0.326 e. The molecule has 3 atom stereocenters. The molecule has 0 aromatic heterocycles. The van der Waals surface area contributed by atoms with Crippen LogP contribution in [-0.4, -0.2) is 54.8 Å². The molecule has 3 unspecified atom stereocenters. The van der Waals surface area contributed by atoms with Gasteiger partial charge < -0.3 is 19.5 Å². The Morgan fingerprint density at radius 3 is 2.46 bits per heavy atom. The molecule has 6 nitrogen and oxygen atoms in total.